The molecule has 2 heteroatoms. The van der Waals surface area contributed by atoms with Crippen LogP contribution in [0.5, 0.6) is 0 Å². The van der Waals surface area contributed by atoms with Gasteiger partial charge in [0.05, 0.1) is 0 Å². The van der Waals surface area contributed by atoms with E-state index in [0.717, 1.165) is 6.42 Å². The molecule has 0 aromatic heterocycles. The fourth-order valence-corrected chi connectivity index (χ4v) is 1.34. The maximum atomic E-state index is 6.15. The predicted molar refractivity (Wildman–Crippen MR) is 62.6 cm³/mol. The van der Waals surface area contributed by atoms with E-state index in [9.17, 15) is 0 Å². The summed E-state index contributed by atoms with van der Waals surface area (Å²) in [6.45, 7) is 4.18. The van der Waals surface area contributed by atoms with Crippen molar-refractivity contribution in [3.63, 3.8) is 0 Å². The van der Waals surface area contributed by atoms with Crippen molar-refractivity contribution in [3.05, 3.63) is 29.8 Å². The number of benzene rings is 1. The van der Waals surface area contributed by atoms with Crippen LogP contribution in [-0.2, 0) is 5.54 Å². The number of rotatable bonds is 3. The molecule has 0 bridgehead atoms. The molecular weight excluding hydrogens is 172 g/mol. The SMILES string of the molecule is CCC(C)(N)c1ccc(N(C)C)cc1. The Bertz CT molecular complexity index is 286. The summed E-state index contributed by atoms with van der Waals surface area (Å²) in [5.41, 5.74) is 8.35. The predicted octanol–water partition coefficient (Wildman–Crippen LogP) is 2.34. The van der Waals surface area contributed by atoms with Gasteiger partial charge in [-0.25, -0.2) is 0 Å². The number of anilines is 1. The molecule has 1 unspecified atom stereocenters. The largest absolute Gasteiger partial charge is 0.378 e. The van der Waals surface area contributed by atoms with Gasteiger partial charge in [0.2, 0.25) is 0 Å². The smallest absolute Gasteiger partial charge is 0.0378 e. The lowest BCUT2D eigenvalue weighted by Gasteiger charge is -2.24. The third-order valence-electron chi connectivity index (χ3n) is 2.78. The lowest BCUT2D eigenvalue weighted by atomic mass is 9.90. The zero-order chi connectivity index (χ0) is 10.8. The van der Waals surface area contributed by atoms with E-state index < -0.39 is 0 Å². The monoisotopic (exact) mass is 192 g/mol. The van der Waals surface area contributed by atoms with Gasteiger partial charge in [-0.3, -0.25) is 0 Å². The Balaban J connectivity index is 2.94. The van der Waals surface area contributed by atoms with Gasteiger partial charge in [0.1, 0.15) is 0 Å². The molecule has 0 saturated carbocycles. The highest BCUT2D eigenvalue weighted by atomic mass is 15.1. The van der Waals surface area contributed by atoms with E-state index in [2.05, 4.69) is 43.0 Å². The molecule has 0 spiro atoms. The Morgan fingerprint density at radius 1 is 1.21 bits per heavy atom. The molecule has 1 atom stereocenters. The van der Waals surface area contributed by atoms with Crippen LogP contribution in [0.3, 0.4) is 0 Å². The minimum Gasteiger partial charge on any atom is -0.378 e. The molecule has 0 saturated heterocycles. The molecule has 0 heterocycles. The molecule has 0 amide bonds. The van der Waals surface area contributed by atoms with E-state index in [1.165, 1.54) is 11.3 Å². The summed E-state index contributed by atoms with van der Waals surface area (Å²) in [7, 11) is 4.08. The highest BCUT2D eigenvalue weighted by Crippen LogP contribution is 2.23. The highest BCUT2D eigenvalue weighted by molar-refractivity contribution is 5.47. The van der Waals surface area contributed by atoms with Crippen molar-refractivity contribution < 1.29 is 0 Å². The zero-order valence-electron chi connectivity index (χ0n) is 9.54. The van der Waals surface area contributed by atoms with Crippen molar-refractivity contribution in [1.29, 1.82) is 0 Å². The summed E-state index contributed by atoms with van der Waals surface area (Å²) in [6.07, 6.45) is 0.953. The standard InChI is InChI=1S/C12H20N2/c1-5-12(2,13)10-6-8-11(9-7-10)14(3)4/h6-9H,5,13H2,1-4H3. The summed E-state index contributed by atoms with van der Waals surface area (Å²) in [5, 5.41) is 0. The van der Waals surface area contributed by atoms with Gasteiger partial charge in [-0.15, -0.1) is 0 Å². The van der Waals surface area contributed by atoms with Crippen LogP contribution in [0, 0.1) is 0 Å². The van der Waals surface area contributed by atoms with Crippen molar-refractivity contribution in [3.8, 4) is 0 Å². The first-order valence-corrected chi connectivity index (χ1v) is 5.04. The van der Waals surface area contributed by atoms with Crippen molar-refractivity contribution in [2.24, 2.45) is 5.73 Å². The second-order valence-corrected chi connectivity index (χ2v) is 4.21. The van der Waals surface area contributed by atoms with E-state index in [4.69, 9.17) is 5.73 Å². The van der Waals surface area contributed by atoms with E-state index in [0.29, 0.717) is 0 Å². The Morgan fingerprint density at radius 3 is 2.07 bits per heavy atom. The number of hydrogen-bond donors (Lipinski definition) is 1. The third-order valence-corrected chi connectivity index (χ3v) is 2.78. The summed E-state index contributed by atoms with van der Waals surface area (Å²) < 4.78 is 0. The molecule has 0 aliphatic carbocycles. The van der Waals surface area contributed by atoms with Gasteiger partial charge in [-0.05, 0) is 31.0 Å². The molecule has 1 aromatic rings. The molecule has 1 aromatic carbocycles. The maximum Gasteiger partial charge on any atom is 0.0378 e. The quantitative estimate of drug-likeness (QED) is 0.796. The number of nitrogens with zero attached hydrogens (tertiary/aromatic N) is 1. The van der Waals surface area contributed by atoms with E-state index >= 15 is 0 Å². The molecule has 1 rings (SSSR count). The first-order chi connectivity index (χ1) is 6.47. The zero-order valence-corrected chi connectivity index (χ0v) is 9.54. The fourth-order valence-electron chi connectivity index (χ4n) is 1.34. The van der Waals surface area contributed by atoms with Crippen molar-refractivity contribution in [2.75, 3.05) is 19.0 Å². The van der Waals surface area contributed by atoms with Gasteiger partial charge in [0.25, 0.3) is 0 Å². The first kappa shape index (κ1) is 11.1. The highest BCUT2D eigenvalue weighted by Gasteiger charge is 2.17. The van der Waals surface area contributed by atoms with Crippen LogP contribution in [0.15, 0.2) is 24.3 Å². The molecule has 0 aliphatic heterocycles. The second kappa shape index (κ2) is 4.01. The Morgan fingerprint density at radius 2 is 1.71 bits per heavy atom. The maximum absolute atomic E-state index is 6.15. The topological polar surface area (TPSA) is 29.3 Å². The Kier molecular flexibility index (Phi) is 3.17. The normalized spacial score (nSPS) is 14.9. The van der Waals surface area contributed by atoms with Crippen LogP contribution in [0.1, 0.15) is 25.8 Å². The minimum atomic E-state index is -0.204. The first-order valence-electron chi connectivity index (χ1n) is 5.04. The molecular formula is C12H20N2. The molecule has 78 valence electrons. The van der Waals surface area contributed by atoms with Crippen LogP contribution in [-0.4, -0.2) is 14.1 Å². The number of hydrogen-bond acceptors (Lipinski definition) is 2. The van der Waals surface area contributed by atoms with Crippen LogP contribution in [0.25, 0.3) is 0 Å². The average Bonchev–Trinajstić information content (AvgIpc) is 2.18. The molecule has 2 N–H and O–H groups in total. The van der Waals surface area contributed by atoms with Gasteiger partial charge in [0, 0.05) is 25.3 Å². The van der Waals surface area contributed by atoms with E-state index in [1.54, 1.807) is 0 Å². The van der Waals surface area contributed by atoms with Crippen molar-refractivity contribution in [1.82, 2.24) is 0 Å². The lowest BCUT2D eigenvalue weighted by molar-refractivity contribution is 0.476. The fraction of sp³-hybridized carbons (Fsp3) is 0.500. The van der Waals surface area contributed by atoms with Crippen LogP contribution >= 0.6 is 0 Å². The summed E-state index contributed by atoms with van der Waals surface area (Å²) in [4.78, 5) is 2.09. The second-order valence-electron chi connectivity index (χ2n) is 4.21. The average molecular weight is 192 g/mol. The van der Waals surface area contributed by atoms with Crippen molar-refractivity contribution in [2.45, 2.75) is 25.8 Å². The molecule has 0 fully saturated rings. The minimum absolute atomic E-state index is 0.204. The molecule has 0 radical (unpaired) electrons. The van der Waals surface area contributed by atoms with Crippen molar-refractivity contribution >= 4 is 5.69 Å². The molecule has 14 heavy (non-hydrogen) atoms. The summed E-state index contributed by atoms with van der Waals surface area (Å²) in [5.74, 6) is 0. The molecule has 0 aliphatic rings. The van der Waals surface area contributed by atoms with Gasteiger partial charge in [-0.1, -0.05) is 19.1 Å². The summed E-state index contributed by atoms with van der Waals surface area (Å²) in [6, 6.07) is 8.43. The van der Waals surface area contributed by atoms with Gasteiger partial charge in [-0.2, -0.15) is 0 Å². The van der Waals surface area contributed by atoms with E-state index in [1.807, 2.05) is 14.1 Å². The third kappa shape index (κ3) is 2.26. The Hall–Kier alpha value is -1.02. The van der Waals surface area contributed by atoms with Gasteiger partial charge >= 0.3 is 0 Å². The Labute approximate surface area is 86.7 Å². The molecule has 2 nitrogen and oxygen atoms in total. The number of nitrogens with two attached hydrogens (primary N) is 1. The van der Waals surface area contributed by atoms with Crippen LogP contribution in [0.4, 0.5) is 5.69 Å². The lowest BCUT2D eigenvalue weighted by Crippen LogP contribution is -2.31. The van der Waals surface area contributed by atoms with Crippen LogP contribution in [0.2, 0.25) is 0 Å². The summed E-state index contributed by atoms with van der Waals surface area (Å²) >= 11 is 0. The van der Waals surface area contributed by atoms with E-state index in [-0.39, 0.29) is 5.54 Å². The van der Waals surface area contributed by atoms with Gasteiger partial charge in [0.15, 0.2) is 0 Å². The van der Waals surface area contributed by atoms with Crippen LogP contribution < -0.4 is 10.6 Å². The van der Waals surface area contributed by atoms with Gasteiger partial charge < -0.3 is 10.6 Å².